The molecule has 0 aliphatic heterocycles. The Morgan fingerprint density at radius 2 is 1.93 bits per heavy atom. The SMILES string of the molecule is CCC[C@@H](CC(=O)NC(=O)c1ccccc1)[C@](C#N)(C(=O)OC)c1cccs1. The van der Waals surface area contributed by atoms with Crippen LogP contribution in [-0.4, -0.2) is 24.9 Å². The van der Waals surface area contributed by atoms with E-state index < -0.39 is 29.1 Å². The molecule has 0 bridgehead atoms. The number of ether oxygens (including phenoxy) is 1. The van der Waals surface area contributed by atoms with Crippen molar-refractivity contribution in [2.45, 2.75) is 31.6 Å². The molecule has 1 aromatic heterocycles. The lowest BCUT2D eigenvalue weighted by Gasteiger charge is -2.31. The largest absolute Gasteiger partial charge is 0.468 e. The minimum Gasteiger partial charge on any atom is -0.468 e. The first-order chi connectivity index (χ1) is 13.5. The van der Waals surface area contributed by atoms with Crippen molar-refractivity contribution in [2.24, 2.45) is 5.92 Å². The third-order valence-corrected chi connectivity index (χ3v) is 5.57. The molecule has 0 saturated heterocycles. The molecule has 2 rings (SSSR count). The smallest absolute Gasteiger partial charge is 0.331 e. The Labute approximate surface area is 168 Å². The van der Waals surface area contributed by atoms with Crippen molar-refractivity contribution in [3.8, 4) is 6.07 Å². The van der Waals surface area contributed by atoms with Gasteiger partial charge < -0.3 is 4.74 Å². The van der Waals surface area contributed by atoms with Gasteiger partial charge in [0.2, 0.25) is 5.91 Å². The average molecular weight is 398 g/mol. The van der Waals surface area contributed by atoms with Crippen LogP contribution >= 0.6 is 11.3 Å². The predicted octanol–water partition coefficient (Wildman–Crippen LogP) is 3.45. The number of esters is 1. The van der Waals surface area contributed by atoms with Crippen molar-refractivity contribution >= 4 is 29.1 Å². The van der Waals surface area contributed by atoms with Gasteiger partial charge in [-0.3, -0.25) is 14.9 Å². The summed E-state index contributed by atoms with van der Waals surface area (Å²) in [7, 11) is 1.23. The average Bonchev–Trinajstić information content (AvgIpc) is 3.24. The molecule has 0 unspecified atom stereocenters. The molecule has 0 aliphatic carbocycles. The van der Waals surface area contributed by atoms with E-state index in [0.29, 0.717) is 23.3 Å². The maximum absolute atomic E-state index is 12.7. The highest BCUT2D eigenvalue weighted by Gasteiger charge is 2.50. The Morgan fingerprint density at radius 1 is 1.21 bits per heavy atom. The maximum Gasteiger partial charge on any atom is 0.331 e. The first kappa shape index (κ1) is 21.3. The zero-order valence-electron chi connectivity index (χ0n) is 15.8. The second kappa shape index (κ2) is 9.81. The van der Waals surface area contributed by atoms with E-state index >= 15 is 0 Å². The molecule has 28 heavy (non-hydrogen) atoms. The second-order valence-corrected chi connectivity index (χ2v) is 7.27. The van der Waals surface area contributed by atoms with Crippen LogP contribution in [0.1, 0.15) is 41.4 Å². The van der Waals surface area contributed by atoms with E-state index in [0.717, 1.165) is 0 Å². The fourth-order valence-corrected chi connectivity index (χ4v) is 4.15. The van der Waals surface area contributed by atoms with E-state index in [1.165, 1.54) is 18.4 Å². The third kappa shape index (κ3) is 4.46. The van der Waals surface area contributed by atoms with Gasteiger partial charge in [0.25, 0.3) is 5.91 Å². The van der Waals surface area contributed by atoms with Gasteiger partial charge in [-0.05, 0) is 30.0 Å². The molecule has 6 nitrogen and oxygen atoms in total. The van der Waals surface area contributed by atoms with Gasteiger partial charge in [0.05, 0.1) is 13.2 Å². The normalized spacial score (nSPS) is 13.6. The molecule has 2 aromatic rings. The Bertz CT molecular complexity index is 858. The number of thiophene rings is 1. The fraction of sp³-hybridized carbons (Fsp3) is 0.333. The van der Waals surface area contributed by atoms with Crippen LogP contribution in [0, 0.1) is 17.2 Å². The van der Waals surface area contributed by atoms with Crippen molar-refractivity contribution in [1.82, 2.24) is 5.32 Å². The number of nitriles is 1. The van der Waals surface area contributed by atoms with Crippen LogP contribution in [-0.2, 0) is 19.7 Å². The van der Waals surface area contributed by atoms with Gasteiger partial charge in [0.15, 0.2) is 5.41 Å². The summed E-state index contributed by atoms with van der Waals surface area (Å²) in [5.74, 6) is -2.37. The molecule has 7 heteroatoms. The monoisotopic (exact) mass is 398 g/mol. The summed E-state index contributed by atoms with van der Waals surface area (Å²) < 4.78 is 4.94. The minimum atomic E-state index is -1.59. The van der Waals surface area contributed by atoms with Crippen LogP contribution in [0.15, 0.2) is 47.8 Å². The van der Waals surface area contributed by atoms with Gasteiger partial charge in [0, 0.05) is 22.8 Å². The zero-order valence-corrected chi connectivity index (χ0v) is 16.6. The third-order valence-electron chi connectivity index (χ3n) is 4.56. The minimum absolute atomic E-state index is 0.146. The van der Waals surface area contributed by atoms with Crippen molar-refractivity contribution in [3.63, 3.8) is 0 Å². The Hall–Kier alpha value is -2.98. The number of carbonyl (C=O) groups is 3. The van der Waals surface area contributed by atoms with Crippen LogP contribution in [0.25, 0.3) is 0 Å². The molecular weight excluding hydrogens is 376 g/mol. The highest BCUT2D eigenvalue weighted by atomic mass is 32.1. The molecule has 0 spiro atoms. The molecule has 2 atom stereocenters. The van der Waals surface area contributed by atoms with E-state index in [2.05, 4.69) is 11.4 Å². The summed E-state index contributed by atoms with van der Waals surface area (Å²) >= 11 is 1.27. The predicted molar refractivity (Wildman–Crippen MR) is 106 cm³/mol. The van der Waals surface area contributed by atoms with Crippen molar-refractivity contribution in [3.05, 3.63) is 58.3 Å². The molecule has 1 heterocycles. The zero-order chi connectivity index (χ0) is 20.6. The summed E-state index contributed by atoms with van der Waals surface area (Å²) in [5, 5.41) is 14.1. The number of methoxy groups -OCH3 is 1. The molecule has 2 amide bonds. The Balaban J connectivity index is 2.29. The highest BCUT2D eigenvalue weighted by molar-refractivity contribution is 7.10. The summed E-state index contributed by atoms with van der Waals surface area (Å²) in [6, 6.07) is 13.9. The lowest BCUT2D eigenvalue weighted by atomic mass is 9.71. The maximum atomic E-state index is 12.7. The van der Waals surface area contributed by atoms with E-state index in [1.807, 2.05) is 6.92 Å². The molecule has 1 aromatic carbocycles. The number of nitrogens with zero attached hydrogens (tertiary/aromatic N) is 1. The van der Waals surface area contributed by atoms with E-state index in [1.54, 1.807) is 47.8 Å². The van der Waals surface area contributed by atoms with Gasteiger partial charge in [-0.25, -0.2) is 4.79 Å². The van der Waals surface area contributed by atoms with Gasteiger partial charge in [-0.1, -0.05) is 37.6 Å². The summed E-state index contributed by atoms with van der Waals surface area (Å²) in [5.41, 5.74) is -1.23. The van der Waals surface area contributed by atoms with Gasteiger partial charge in [-0.15, -0.1) is 11.3 Å². The number of amides is 2. The van der Waals surface area contributed by atoms with Gasteiger partial charge in [0.1, 0.15) is 0 Å². The van der Waals surface area contributed by atoms with Crippen molar-refractivity contribution in [2.75, 3.05) is 7.11 Å². The number of carbonyl (C=O) groups excluding carboxylic acids is 3. The highest BCUT2D eigenvalue weighted by Crippen LogP contribution is 2.40. The van der Waals surface area contributed by atoms with E-state index in [-0.39, 0.29) is 6.42 Å². The van der Waals surface area contributed by atoms with Crippen LogP contribution in [0.3, 0.4) is 0 Å². The number of rotatable bonds is 8. The van der Waals surface area contributed by atoms with Crippen LogP contribution in [0.2, 0.25) is 0 Å². The van der Waals surface area contributed by atoms with E-state index in [9.17, 15) is 19.6 Å². The number of nitrogens with one attached hydrogen (secondary N) is 1. The van der Waals surface area contributed by atoms with Crippen LogP contribution in [0.4, 0.5) is 0 Å². The number of hydrogen-bond donors (Lipinski definition) is 1. The number of benzene rings is 1. The standard InChI is InChI=1S/C21H22N2O4S/c1-3-8-16(13-18(24)23-19(25)15-9-5-4-6-10-15)21(14-22,20(26)27-2)17-11-7-12-28-17/h4-7,9-12,16H,3,8,13H2,1-2H3,(H,23,24,25)/t16-,21-/m0/s1. The molecule has 0 aliphatic rings. The van der Waals surface area contributed by atoms with Crippen LogP contribution < -0.4 is 5.32 Å². The quantitative estimate of drug-likeness (QED) is 0.687. The lowest BCUT2D eigenvalue weighted by molar-refractivity contribution is -0.147. The number of imide groups is 1. The lowest BCUT2D eigenvalue weighted by Crippen LogP contribution is -2.45. The Morgan fingerprint density at radius 3 is 2.46 bits per heavy atom. The van der Waals surface area contributed by atoms with Crippen molar-refractivity contribution in [1.29, 1.82) is 5.26 Å². The summed E-state index contributed by atoms with van der Waals surface area (Å²) in [4.78, 5) is 38.0. The molecule has 0 fully saturated rings. The van der Waals surface area contributed by atoms with E-state index in [4.69, 9.17) is 4.74 Å². The molecule has 0 radical (unpaired) electrons. The fourth-order valence-electron chi connectivity index (χ4n) is 3.21. The molecule has 146 valence electrons. The number of hydrogen-bond acceptors (Lipinski definition) is 6. The first-order valence-corrected chi connectivity index (χ1v) is 9.80. The second-order valence-electron chi connectivity index (χ2n) is 6.32. The first-order valence-electron chi connectivity index (χ1n) is 8.92. The molecule has 0 saturated carbocycles. The van der Waals surface area contributed by atoms with Gasteiger partial charge >= 0.3 is 5.97 Å². The van der Waals surface area contributed by atoms with Crippen molar-refractivity contribution < 1.29 is 19.1 Å². The molecule has 1 N–H and O–H groups in total. The molecular formula is C21H22N2O4S. The van der Waals surface area contributed by atoms with Crippen LogP contribution in [0.5, 0.6) is 0 Å². The summed E-state index contributed by atoms with van der Waals surface area (Å²) in [6.45, 7) is 1.91. The summed E-state index contributed by atoms with van der Waals surface area (Å²) in [6.07, 6.45) is 0.969. The topological polar surface area (TPSA) is 96.3 Å². The van der Waals surface area contributed by atoms with Gasteiger partial charge in [-0.2, -0.15) is 5.26 Å². The Kier molecular flexibility index (Phi) is 7.47.